The summed E-state index contributed by atoms with van der Waals surface area (Å²) in [6.45, 7) is 2.44. The molecule has 0 radical (unpaired) electrons. The molecule has 1 aromatic rings. The summed E-state index contributed by atoms with van der Waals surface area (Å²) in [5, 5.41) is 0. The maximum Gasteiger partial charge on any atom is 0.231 e. The summed E-state index contributed by atoms with van der Waals surface area (Å²) in [5.41, 5.74) is 0.668. The average molecular weight is 264 g/mol. The van der Waals surface area contributed by atoms with Crippen LogP contribution >= 0.6 is 0 Å². The second-order valence-electron chi connectivity index (χ2n) is 5.03. The van der Waals surface area contributed by atoms with Crippen LogP contribution in [-0.4, -0.2) is 63.2 Å². The van der Waals surface area contributed by atoms with Crippen LogP contribution in [0.1, 0.15) is 10.4 Å². The summed E-state index contributed by atoms with van der Waals surface area (Å²) in [5.74, 6) is 1.46. The van der Waals surface area contributed by atoms with E-state index in [4.69, 9.17) is 9.47 Å². The Labute approximate surface area is 113 Å². The lowest BCUT2D eigenvalue weighted by Crippen LogP contribution is -2.32. The SMILES string of the molecule is CN(C)CCN(C)CC(=O)c1ccc2c(c1)OCO2. The monoisotopic (exact) mass is 264 g/mol. The maximum absolute atomic E-state index is 12.1. The first kappa shape index (κ1) is 13.8. The number of ether oxygens (including phenoxy) is 2. The number of carbonyl (C=O) groups is 1. The van der Waals surface area contributed by atoms with E-state index in [0.717, 1.165) is 13.1 Å². The van der Waals surface area contributed by atoms with Crippen molar-refractivity contribution in [3.05, 3.63) is 23.8 Å². The van der Waals surface area contributed by atoms with Crippen LogP contribution in [0.5, 0.6) is 11.5 Å². The van der Waals surface area contributed by atoms with Gasteiger partial charge in [0.25, 0.3) is 0 Å². The fraction of sp³-hybridized carbons (Fsp3) is 0.500. The zero-order valence-electron chi connectivity index (χ0n) is 11.7. The van der Waals surface area contributed by atoms with E-state index in [9.17, 15) is 4.79 Å². The summed E-state index contributed by atoms with van der Waals surface area (Å²) in [6, 6.07) is 5.33. The minimum Gasteiger partial charge on any atom is -0.454 e. The van der Waals surface area contributed by atoms with E-state index in [0.29, 0.717) is 23.6 Å². The molecule has 5 nitrogen and oxygen atoms in total. The highest BCUT2D eigenvalue weighted by molar-refractivity contribution is 5.98. The molecule has 2 rings (SSSR count). The number of nitrogens with zero attached hydrogens (tertiary/aromatic N) is 2. The Morgan fingerprint density at radius 3 is 2.63 bits per heavy atom. The van der Waals surface area contributed by atoms with Gasteiger partial charge in [0.1, 0.15) is 0 Å². The van der Waals surface area contributed by atoms with Gasteiger partial charge in [-0.25, -0.2) is 0 Å². The van der Waals surface area contributed by atoms with E-state index in [-0.39, 0.29) is 12.6 Å². The number of ketones is 1. The van der Waals surface area contributed by atoms with Crippen LogP contribution in [0, 0.1) is 0 Å². The maximum atomic E-state index is 12.1. The Kier molecular flexibility index (Phi) is 4.39. The quantitative estimate of drug-likeness (QED) is 0.720. The van der Waals surface area contributed by atoms with Crippen LogP contribution < -0.4 is 9.47 Å². The molecule has 0 N–H and O–H groups in total. The number of hydrogen-bond donors (Lipinski definition) is 0. The van der Waals surface area contributed by atoms with E-state index in [1.54, 1.807) is 18.2 Å². The number of hydrogen-bond acceptors (Lipinski definition) is 5. The topological polar surface area (TPSA) is 42.0 Å². The van der Waals surface area contributed by atoms with E-state index < -0.39 is 0 Å². The molecule has 1 aromatic carbocycles. The highest BCUT2D eigenvalue weighted by Crippen LogP contribution is 2.32. The Balaban J connectivity index is 1.92. The summed E-state index contributed by atoms with van der Waals surface area (Å²) in [4.78, 5) is 16.3. The lowest BCUT2D eigenvalue weighted by atomic mass is 10.1. The van der Waals surface area contributed by atoms with Gasteiger partial charge in [0, 0.05) is 18.7 Å². The first-order valence-corrected chi connectivity index (χ1v) is 6.32. The van der Waals surface area contributed by atoms with Gasteiger partial charge in [-0.3, -0.25) is 9.69 Å². The van der Waals surface area contributed by atoms with Crippen LogP contribution in [0.4, 0.5) is 0 Å². The molecule has 0 saturated heterocycles. The molecular weight excluding hydrogens is 244 g/mol. The summed E-state index contributed by atoms with van der Waals surface area (Å²) in [7, 11) is 6.00. The highest BCUT2D eigenvalue weighted by atomic mass is 16.7. The third kappa shape index (κ3) is 3.68. The molecule has 0 saturated carbocycles. The van der Waals surface area contributed by atoms with Gasteiger partial charge in [0.2, 0.25) is 6.79 Å². The first-order chi connectivity index (χ1) is 9.06. The molecule has 0 fully saturated rings. The predicted molar refractivity (Wildman–Crippen MR) is 72.9 cm³/mol. The second kappa shape index (κ2) is 6.04. The molecule has 0 unspecified atom stereocenters. The lowest BCUT2D eigenvalue weighted by molar-refractivity contribution is 0.0942. The molecule has 1 heterocycles. The Hall–Kier alpha value is -1.59. The van der Waals surface area contributed by atoms with Gasteiger partial charge in [0.15, 0.2) is 17.3 Å². The van der Waals surface area contributed by atoms with Crippen molar-refractivity contribution in [1.82, 2.24) is 9.80 Å². The van der Waals surface area contributed by atoms with E-state index in [1.807, 2.05) is 26.0 Å². The smallest absolute Gasteiger partial charge is 0.231 e. The fourth-order valence-electron chi connectivity index (χ4n) is 1.86. The predicted octanol–water partition coefficient (Wildman–Crippen LogP) is 1.09. The van der Waals surface area contributed by atoms with Crippen molar-refractivity contribution >= 4 is 5.78 Å². The van der Waals surface area contributed by atoms with Gasteiger partial charge in [-0.2, -0.15) is 0 Å². The molecule has 1 aliphatic heterocycles. The van der Waals surface area contributed by atoms with E-state index in [2.05, 4.69) is 4.90 Å². The van der Waals surface area contributed by atoms with Crippen molar-refractivity contribution in [1.29, 1.82) is 0 Å². The minimum absolute atomic E-state index is 0.0968. The summed E-state index contributed by atoms with van der Waals surface area (Å²) in [6.07, 6.45) is 0. The molecule has 5 heteroatoms. The standard InChI is InChI=1S/C14H20N2O3/c1-15(2)6-7-16(3)9-12(17)11-4-5-13-14(8-11)19-10-18-13/h4-5,8H,6-7,9-10H2,1-3H3. The van der Waals surface area contributed by atoms with E-state index >= 15 is 0 Å². The number of fused-ring (bicyclic) bond motifs is 1. The summed E-state index contributed by atoms with van der Waals surface area (Å²) >= 11 is 0. The molecular formula is C14H20N2O3. The molecule has 0 bridgehead atoms. The molecule has 0 aliphatic carbocycles. The summed E-state index contributed by atoms with van der Waals surface area (Å²) < 4.78 is 10.5. The van der Waals surface area contributed by atoms with Crippen LogP contribution in [0.3, 0.4) is 0 Å². The van der Waals surface area contributed by atoms with Gasteiger partial charge < -0.3 is 14.4 Å². The van der Waals surface area contributed by atoms with Gasteiger partial charge in [-0.1, -0.05) is 0 Å². The molecule has 0 amide bonds. The van der Waals surface area contributed by atoms with Crippen LogP contribution in [0.25, 0.3) is 0 Å². The molecule has 104 valence electrons. The highest BCUT2D eigenvalue weighted by Gasteiger charge is 2.16. The van der Waals surface area contributed by atoms with Gasteiger partial charge in [-0.15, -0.1) is 0 Å². The van der Waals surface area contributed by atoms with Crippen molar-refractivity contribution in [2.24, 2.45) is 0 Å². The fourth-order valence-corrected chi connectivity index (χ4v) is 1.86. The van der Waals surface area contributed by atoms with E-state index in [1.165, 1.54) is 0 Å². The number of carbonyl (C=O) groups excluding carboxylic acids is 1. The van der Waals surface area contributed by atoms with Gasteiger partial charge >= 0.3 is 0 Å². The average Bonchev–Trinajstić information content (AvgIpc) is 2.83. The van der Waals surface area contributed by atoms with Gasteiger partial charge in [0.05, 0.1) is 6.54 Å². The third-order valence-corrected chi connectivity index (χ3v) is 3.04. The van der Waals surface area contributed by atoms with Crippen molar-refractivity contribution < 1.29 is 14.3 Å². The Morgan fingerprint density at radius 2 is 1.89 bits per heavy atom. The first-order valence-electron chi connectivity index (χ1n) is 6.32. The zero-order valence-corrected chi connectivity index (χ0v) is 11.7. The van der Waals surface area contributed by atoms with Crippen molar-refractivity contribution in [2.45, 2.75) is 0 Å². The third-order valence-electron chi connectivity index (χ3n) is 3.04. The van der Waals surface area contributed by atoms with Crippen molar-refractivity contribution in [3.8, 4) is 11.5 Å². The van der Waals surface area contributed by atoms with Crippen molar-refractivity contribution in [2.75, 3.05) is 47.6 Å². The molecule has 0 aromatic heterocycles. The molecule has 19 heavy (non-hydrogen) atoms. The molecule has 0 atom stereocenters. The van der Waals surface area contributed by atoms with Crippen molar-refractivity contribution in [3.63, 3.8) is 0 Å². The number of likely N-dealkylation sites (N-methyl/N-ethyl adjacent to an activating group) is 2. The molecule has 1 aliphatic rings. The number of Topliss-reactive ketones (excluding diaryl/α,β-unsaturated/α-hetero) is 1. The zero-order chi connectivity index (χ0) is 13.8. The minimum atomic E-state index is 0.0968. The number of rotatable bonds is 6. The second-order valence-corrected chi connectivity index (χ2v) is 5.03. The number of benzene rings is 1. The van der Waals surface area contributed by atoms with Crippen LogP contribution in [-0.2, 0) is 0 Å². The Morgan fingerprint density at radius 1 is 1.16 bits per heavy atom. The lowest BCUT2D eigenvalue weighted by Gasteiger charge is -2.18. The molecule has 0 spiro atoms. The Bertz CT molecular complexity index is 460. The van der Waals surface area contributed by atoms with Crippen LogP contribution in [0.2, 0.25) is 0 Å². The van der Waals surface area contributed by atoms with Gasteiger partial charge in [-0.05, 0) is 39.3 Å². The largest absolute Gasteiger partial charge is 0.454 e. The normalized spacial score (nSPS) is 13.3. The van der Waals surface area contributed by atoms with Crippen LogP contribution in [0.15, 0.2) is 18.2 Å².